The zero-order valence-corrected chi connectivity index (χ0v) is 14.7. The molecule has 1 aromatic heterocycles. The molecule has 0 spiro atoms. The Hall–Kier alpha value is -0.860. The smallest absolute Gasteiger partial charge is 0.239 e. The van der Waals surface area contributed by atoms with Gasteiger partial charge in [0.25, 0.3) is 0 Å². The molecule has 1 unspecified atom stereocenters. The molecule has 0 saturated heterocycles. The van der Waals surface area contributed by atoms with Crippen LogP contribution in [0.15, 0.2) is 12.1 Å². The van der Waals surface area contributed by atoms with Gasteiger partial charge in [0.1, 0.15) is 6.10 Å². The largest absolute Gasteiger partial charge is 0.386 e. The second-order valence-electron chi connectivity index (χ2n) is 4.95. The molecule has 6 nitrogen and oxygen atoms in total. The van der Waals surface area contributed by atoms with Gasteiger partial charge in [0, 0.05) is 11.4 Å². The van der Waals surface area contributed by atoms with E-state index in [4.69, 9.17) is 17.3 Å². The van der Waals surface area contributed by atoms with E-state index in [1.54, 1.807) is 12.1 Å². The highest BCUT2D eigenvalue weighted by atomic mass is 35.5. The first kappa shape index (κ1) is 21.1. The first-order chi connectivity index (χ1) is 9.81. The van der Waals surface area contributed by atoms with Crippen LogP contribution in [-0.4, -0.2) is 36.1 Å². The maximum Gasteiger partial charge on any atom is 0.239 e. The van der Waals surface area contributed by atoms with Gasteiger partial charge < -0.3 is 21.5 Å². The van der Waals surface area contributed by atoms with Gasteiger partial charge in [0.05, 0.1) is 16.9 Å². The molecule has 0 aromatic carbocycles. The van der Waals surface area contributed by atoms with E-state index in [1.807, 2.05) is 13.8 Å². The van der Waals surface area contributed by atoms with Crippen molar-refractivity contribution < 1.29 is 14.7 Å². The number of rotatable bonds is 7. The molecule has 2 atom stereocenters. The van der Waals surface area contributed by atoms with Gasteiger partial charge in [-0.25, -0.2) is 0 Å². The standard InChI is InChI=1S/C13H20ClN3O3S.ClH/c1-7(2)12(15)13(20)17-6-11(19)16-5-8(18)9-3-4-10(14)21-9;/h3-4,7-8,12,18H,5-6,15H2,1-2H3,(H,16,19)(H,17,20);1H/t8?,12-;/m0./s1. The van der Waals surface area contributed by atoms with E-state index >= 15 is 0 Å². The van der Waals surface area contributed by atoms with Crippen LogP contribution in [0.2, 0.25) is 4.34 Å². The maximum absolute atomic E-state index is 11.6. The Morgan fingerprint density at radius 3 is 2.50 bits per heavy atom. The van der Waals surface area contributed by atoms with Crippen LogP contribution in [0, 0.1) is 5.92 Å². The Morgan fingerprint density at radius 2 is 2.00 bits per heavy atom. The van der Waals surface area contributed by atoms with Gasteiger partial charge >= 0.3 is 0 Å². The van der Waals surface area contributed by atoms with E-state index in [0.29, 0.717) is 9.21 Å². The third-order valence-electron chi connectivity index (χ3n) is 2.86. The first-order valence-electron chi connectivity index (χ1n) is 6.54. The molecular weight excluding hydrogens is 349 g/mol. The van der Waals surface area contributed by atoms with Crippen LogP contribution in [0.1, 0.15) is 24.8 Å². The fourth-order valence-electron chi connectivity index (χ4n) is 1.47. The highest BCUT2D eigenvalue weighted by Crippen LogP contribution is 2.26. The summed E-state index contributed by atoms with van der Waals surface area (Å²) in [5.74, 6) is -0.759. The van der Waals surface area contributed by atoms with E-state index in [2.05, 4.69) is 10.6 Å². The molecule has 0 aliphatic carbocycles. The van der Waals surface area contributed by atoms with Gasteiger partial charge in [-0.3, -0.25) is 9.59 Å². The first-order valence-corrected chi connectivity index (χ1v) is 7.74. The van der Waals surface area contributed by atoms with Crippen LogP contribution in [0.3, 0.4) is 0 Å². The molecule has 1 aromatic rings. The van der Waals surface area contributed by atoms with Crippen molar-refractivity contribution in [3.63, 3.8) is 0 Å². The summed E-state index contributed by atoms with van der Waals surface area (Å²) < 4.78 is 0.574. The lowest BCUT2D eigenvalue weighted by Gasteiger charge is -2.15. The number of carbonyl (C=O) groups excluding carboxylic acids is 2. The lowest BCUT2D eigenvalue weighted by Crippen LogP contribution is -2.47. The van der Waals surface area contributed by atoms with Gasteiger partial charge in [-0.15, -0.1) is 23.7 Å². The van der Waals surface area contributed by atoms with Gasteiger partial charge in [0.2, 0.25) is 11.8 Å². The average molecular weight is 370 g/mol. The fraction of sp³-hybridized carbons (Fsp3) is 0.538. The molecule has 1 rings (SSSR count). The van der Waals surface area contributed by atoms with Crippen molar-refractivity contribution in [1.82, 2.24) is 10.6 Å². The minimum absolute atomic E-state index is 0. The number of nitrogens with two attached hydrogens (primary N) is 1. The van der Waals surface area contributed by atoms with E-state index in [1.165, 1.54) is 11.3 Å². The zero-order valence-electron chi connectivity index (χ0n) is 12.3. The molecular formula is C13H21Cl2N3O3S. The van der Waals surface area contributed by atoms with E-state index in [0.717, 1.165) is 0 Å². The lowest BCUT2D eigenvalue weighted by atomic mass is 10.1. The Kier molecular flexibility index (Phi) is 9.63. The zero-order chi connectivity index (χ0) is 16.0. The molecule has 1 heterocycles. The summed E-state index contributed by atoms with van der Waals surface area (Å²) in [4.78, 5) is 23.8. The minimum Gasteiger partial charge on any atom is -0.386 e. The summed E-state index contributed by atoms with van der Waals surface area (Å²) >= 11 is 7.02. The summed E-state index contributed by atoms with van der Waals surface area (Å²) in [7, 11) is 0. The predicted octanol–water partition coefficient (Wildman–Crippen LogP) is 1.07. The molecule has 0 aliphatic heterocycles. The molecule has 5 N–H and O–H groups in total. The normalized spacial score (nSPS) is 13.2. The Balaban J connectivity index is 0.00000441. The molecule has 0 bridgehead atoms. The molecule has 0 radical (unpaired) electrons. The van der Waals surface area contributed by atoms with Crippen LogP contribution >= 0.6 is 35.3 Å². The minimum atomic E-state index is -0.819. The number of nitrogens with one attached hydrogen (secondary N) is 2. The van der Waals surface area contributed by atoms with Crippen molar-refractivity contribution >= 4 is 47.2 Å². The Bertz CT molecular complexity index is 497. The van der Waals surface area contributed by atoms with Gasteiger partial charge in [-0.1, -0.05) is 25.4 Å². The van der Waals surface area contributed by atoms with E-state index in [9.17, 15) is 14.7 Å². The Labute approximate surface area is 144 Å². The van der Waals surface area contributed by atoms with Gasteiger partial charge in [-0.05, 0) is 18.1 Å². The number of halogens is 2. The van der Waals surface area contributed by atoms with Crippen LogP contribution < -0.4 is 16.4 Å². The maximum atomic E-state index is 11.6. The summed E-state index contributed by atoms with van der Waals surface area (Å²) in [5.41, 5.74) is 5.65. The van der Waals surface area contributed by atoms with Crippen LogP contribution in [0.25, 0.3) is 0 Å². The molecule has 126 valence electrons. The van der Waals surface area contributed by atoms with Gasteiger partial charge in [0.15, 0.2) is 0 Å². The molecule has 0 fully saturated rings. The number of aliphatic hydroxyl groups excluding tert-OH is 1. The van der Waals surface area contributed by atoms with Crippen molar-refractivity contribution in [2.24, 2.45) is 11.7 Å². The van der Waals surface area contributed by atoms with Crippen molar-refractivity contribution in [2.75, 3.05) is 13.1 Å². The van der Waals surface area contributed by atoms with Crippen molar-refractivity contribution in [1.29, 1.82) is 0 Å². The average Bonchev–Trinajstić information content (AvgIpc) is 2.87. The number of hydrogen-bond donors (Lipinski definition) is 4. The van der Waals surface area contributed by atoms with E-state index < -0.39 is 12.1 Å². The SMILES string of the molecule is CC(C)[C@H](N)C(=O)NCC(=O)NCC(O)c1ccc(Cl)s1.Cl. The van der Waals surface area contributed by atoms with Crippen molar-refractivity contribution in [3.8, 4) is 0 Å². The molecule has 2 amide bonds. The van der Waals surface area contributed by atoms with Gasteiger partial charge in [-0.2, -0.15) is 0 Å². The summed E-state index contributed by atoms with van der Waals surface area (Å²) in [6.45, 7) is 3.54. The van der Waals surface area contributed by atoms with Crippen molar-refractivity contribution in [2.45, 2.75) is 26.0 Å². The van der Waals surface area contributed by atoms with Crippen molar-refractivity contribution in [3.05, 3.63) is 21.3 Å². The predicted molar refractivity (Wildman–Crippen MR) is 90.4 cm³/mol. The molecule has 0 aliphatic rings. The third kappa shape index (κ3) is 6.93. The summed E-state index contributed by atoms with van der Waals surface area (Å²) in [6, 6.07) is 2.74. The summed E-state index contributed by atoms with van der Waals surface area (Å²) in [6.07, 6.45) is -0.819. The van der Waals surface area contributed by atoms with Crippen LogP contribution in [-0.2, 0) is 9.59 Å². The molecule has 22 heavy (non-hydrogen) atoms. The highest BCUT2D eigenvalue weighted by molar-refractivity contribution is 7.16. The Morgan fingerprint density at radius 1 is 1.36 bits per heavy atom. The second-order valence-corrected chi connectivity index (χ2v) is 6.70. The number of carbonyl (C=O) groups is 2. The fourth-order valence-corrected chi connectivity index (χ4v) is 2.52. The monoisotopic (exact) mass is 369 g/mol. The number of amides is 2. The van der Waals surface area contributed by atoms with E-state index in [-0.39, 0.29) is 43.2 Å². The number of thiophene rings is 1. The quantitative estimate of drug-likeness (QED) is 0.576. The highest BCUT2D eigenvalue weighted by Gasteiger charge is 2.18. The lowest BCUT2D eigenvalue weighted by molar-refractivity contribution is -0.127. The van der Waals surface area contributed by atoms with Crippen LogP contribution in [0.4, 0.5) is 0 Å². The second kappa shape index (κ2) is 10.0. The number of hydrogen-bond acceptors (Lipinski definition) is 5. The summed E-state index contributed by atoms with van der Waals surface area (Å²) in [5, 5.41) is 14.8. The number of aliphatic hydroxyl groups is 1. The topological polar surface area (TPSA) is 104 Å². The van der Waals surface area contributed by atoms with Crippen LogP contribution in [0.5, 0.6) is 0 Å². The third-order valence-corrected chi connectivity index (χ3v) is 4.19. The molecule has 9 heteroatoms. The molecule has 0 saturated carbocycles.